The molecular formula is C18H21NO3S. The van der Waals surface area contributed by atoms with Gasteiger partial charge in [-0.2, -0.15) is 0 Å². The number of rotatable bonds is 5. The quantitative estimate of drug-likeness (QED) is 0.883. The minimum absolute atomic E-state index is 0.0121. The highest BCUT2D eigenvalue weighted by atomic mass is 32.2. The average molecular weight is 331 g/mol. The molecule has 5 heteroatoms. The summed E-state index contributed by atoms with van der Waals surface area (Å²) in [5.74, 6) is -0.0770. The van der Waals surface area contributed by atoms with Crippen molar-refractivity contribution >= 4 is 10.0 Å². The fourth-order valence-corrected chi connectivity index (χ4v) is 4.33. The van der Waals surface area contributed by atoms with E-state index in [1.165, 1.54) is 0 Å². The molecule has 3 rings (SSSR count). The van der Waals surface area contributed by atoms with E-state index in [0.717, 1.165) is 28.7 Å². The number of nitrogens with one attached hydrogen (secondary N) is 1. The lowest BCUT2D eigenvalue weighted by Gasteiger charge is -2.24. The molecule has 1 aliphatic carbocycles. The van der Waals surface area contributed by atoms with E-state index < -0.39 is 15.6 Å². The maximum atomic E-state index is 12.3. The fourth-order valence-electron chi connectivity index (χ4n) is 3.15. The van der Waals surface area contributed by atoms with Gasteiger partial charge in [-0.3, -0.25) is 0 Å². The summed E-state index contributed by atoms with van der Waals surface area (Å²) in [6.07, 6.45) is 1.31. The Morgan fingerprint density at radius 2 is 1.96 bits per heavy atom. The van der Waals surface area contributed by atoms with Crippen LogP contribution < -0.4 is 4.72 Å². The van der Waals surface area contributed by atoms with Crippen LogP contribution in [-0.2, 0) is 27.8 Å². The van der Waals surface area contributed by atoms with Gasteiger partial charge in [0.05, 0.1) is 5.75 Å². The highest BCUT2D eigenvalue weighted by molar-refractivity contribution is 7.88. The Balaban J connectivity index is 1.70. The van der Waals surface area contributed by atoms with Crippen molar-refractivity contribution in [1.82, 2.24) is 4.72 Å². The molecule has 0 saturated carbocycles. The van der Waals surface area contributed by atoms with Crippen LogP contribution in [0.3, 0.4) is 0 Å². The highest BCUT2D eigenvalue weighted by Crippen LogP contribution is 2.36. The molecule has 0 fully saturated rings. The van der Waals surface area contributed by atoms with Crippen LogP contribution in [0.4, 0.5) is 0 Å². The monoisotopic (exact) mass is 331 g/mol. The summed E-state index contributed by atoms with van der Waals surface area (Å²) in [7, 11) is -3.49. The summed E-state index contributed by atoms with van der Waals surface area (Å²) in [6, 6.07) is 15.1. The molecule has 0 radical (unpaired) electrons. The van der Waals surface area contributed by atoms with Gasteiger partial charge in [-0.15, -0.1) is 0 Å². The molecule has 0 aliphatic heterocycles. The first-order valence-electron chi connectivity index (χ1n) is 7.72. The van der Waals surface area contributed by atoms with E-state index in [4.69, 9.17) is 0 Å². The molecule has 4 nitrogen and oxygen atoms in total. The second kappa shape index (κ2) is 6.07. The van der Waals surface area contributed by atoms with Crippen molar-refractivity contribution in [2.45, 2.75) is 31.1 Å². The van der Waals surface area contributed by atoms with Gasteiger partial charge in [-0.1, -0.05) is 54.1 Å². The molecule has 0 spiro atoms. The van der Waals surface area contributed by atoms with Gasteiger partial charge in [0.2, 0.25) is 10.0 Å². The zero-order chi connectivity index (χ0) is 16.5. The lowest BCUT2D eigenvalue weighted by molar-refractivity contribution is 0.0442. The van der Waals surface area contributed by atoms with Gasteiger partial charge in [0.25, 0.3) is 0 Å². The summed E-state index contributed by atoms with van der Waals surface area (Å²) < 4.78 is 27.2. The molecule has 122 valence electrons. The number of benzene rings is 2. The third-order valence-corrected chi connectivity index (χ3v) is 5.65. The molecule has 23 heavy (non-hydrogen) atoms. The lowest BCUT2D eigenvalue weighted by atomic mass is 9.96. The zero-order valence-electron chi connectivity index (χ0n) is 13.1. The molecule has 2 N–H and O–H groups in total. The minimum atomic E-state index is -3.49. The molecule has 0 heterocycles. The third kappa shape index (κ3) is 3.63. The lowest BCUT2D eigenvalue weighted by Crippen LogP contribution is -2.39. The molecule has 0 bridgehead atoms. The number of fused-ring (bicyclic) bond motifs is 1. The molecule has 0 saturated heterocycles. The van der Waals surface area contributed by atoms with E-state index in [1.807, 2.05) is 49.4 Å². The summed E-state index contributed by atoms with van der Waals surface area (Å²) in [5, 5.41) is 10.8. The summed E-state index contributed by atoms with van der Waals surface area (Å²) in [4.78, 5) is 0. The predicted octanol–water partition coefficient (Wildman–Crippen LogP) is 2.25. The van der Waals surface area contributed by atoms with Gasteiger partial charge in [-0.05, 0) is 36.5 Å². The Labute approximate surface area is 137 Å². The fraction of sp³-hybridized carbons (Fsp3) is 0.333. The summed E-state index contributed by atoms with van der Waals surface area (Å²) >= 11 is 0. The summed E-state index contributed by atoms with van der Waals surface area (Å²) in [6.45, 7) is 1.94. The van der Waals surface area contributed by atoms with Crippen molar-refractivity contribution in [2.75, 3.05) is 6.54 Å². The molecule has 0 unspecified atom stereocenters. The Morgan fingerprint density at radius 1 is 1.17 bits per heavy atom. The number of hydrogen-bond acceptors (Lipinski definition) is 3. The standard InChI is InChI=1S/C18H21NO3S/c1-14-5-4-6-15(11-14)12-23(21,22)19-13-18(20)10-9-16-7-2-3-8-17(16)18/h2-8,11,19-20H,9-10,12-13H2,1H3/t18-/m0/s1. The third-order valence-electron chi connectivity index (χ3n) is 4.35. The van der Waals surface area contributed by atoms with Gasteiger partial charge < -0.3 is 5.11 Å². The van der Waals surface area contributed by atoms with Crippen molar-refractivity contribution in [1.29, 1.82) is 0 Å². The maximum Gasteiger partial charge on any atom is 0.215 e. The number of hydrogen-bond donors (Lipinski definition) is 2. The van der Waals surface area contributed by atoms with Crippen molar-refractivity contribution in [3.63, 3.8) is 0 Å². The zero-order valence-corrected chi connectivity index (χ0v) is 13.9. The van der Waals surface area contributed by atoms with E-state index >= 15 is 0 Å². The van der Waals surface area contributed by atoms with Crippen molar-refractivity contribution < 1.29 is 13.5 Å². The Hall–Kier alpha value is -1.69. The van der Waals surface area contributed by atoms with Gasteiger partial charge in [-0.25, -0.2) is 13.1 Å². The van der Waals surface area contributed by atoms with Gasteiger partial charge in [0, 0.05) is 6.54 Å². The van der Waals surface area contributed by atoms with Gasteiger partial charge in [0.1, 0.15) is 5.60 Å². The molecule has 1 atom stereocenters. The molecule has 1 aliphatic rings. The van der Waals surface area contributed by atoms with E-state index in [1.54, 1.807) is 6.07 Å². The number of aryl methyl sites for hydroxylation is 2. The van der Waals surface area contributed by atoms with Crippen LogP contribution in [0.1, 0.15) is 28.7 Å². The molecule has 2 aromatic rings. The van der Waals surface area contributed by atoms with Crippen LogP contribution in [0.5, 0.6) is 0 Å². The molecule has 2 aromatic carbocycles. The normalized spacial score (nSPS) is 20.4. The van der Waals surface area contributed by atoms with E-state index in [2.05, 4.69) is 4.72 Å². The van der Waals surface area contributed by atoms with Crippen LogP contribution in [0.25, 0.3) is 0 Å². The van der Waals surface area contributed by atoms with E-state index in [9.17, 15) is 13.5 Å². The van der Waals surface area contributed by atoms with Gasteiger partial charge >= 0.3 is 0 Å². The van der Waals surface area contributed by atoms with Crippen molar-refractivity contribution in [3.8, 4) is 0 Å². The van der Waals surface area contributed by atoms with Crippen LogP contribution in [0, 0.1) is 6.92 Å². The van der Waals surface area contributed by atoms with E-state index in [0.29, 0.717) is 6.42 Å². The Bertz CT molecular complexity index is 817. The predicted molar refractivity (Wildman–Crippen MR) is 90.5 cm³/mol. The van der Waals surface area contributed by atoms with Crippen molar-refractivity contribution in [2.24, 2.45) is 0 Å². The summed E-state index contributed by atoms with van der Waals surface area (Å²) in [5.41, 5.74) is 2.58. The first-order valence-corrected chi connectivity index (χ1v) is 9.37. The first kappa shape index (κ1) is 16.2. The second-order valence-electron chi connectivity index (χ2n) is 6.26. The minimum Gasteiger partial charge on any atom is -0.384 e. The Morgan fingerprint density at radius 3 is 2.74 bits per heavy atom. The van der Waals surface area contributed by atoms with Crippen LogP contribution >= 0.6 is 0 Å². The maximum absolute atomic E-state index is 12.3. The SMILES string of the molecule is Cc1cccc(CS(=O)(=O)NC[C@@]2(O)CCc3ccccc32)c1. The van der Waals surface area contributed by atoms with Crippen LogP contribution in [0.15, 0.2) is 48.5 Å². The highest BCUT2D eigenvalue weighted by Gasteiger charge is 2.37. The first-order chi connectivity index (χ1) is 10.9. The number of aliphatic hydroxyl groups is 1. The molecule has 0 aromatic heterocycles. The van der Waals surface area contributed by atoms with Crippen LogP contribution in [-0.4, -0.2) is 20.1 Å². The topological polar surface area (TPSA) is 66.4 Å². The van der Waals surface area contributed by atoms with E-state index in [-0.39, 0.29) is 12.3 Å². The van der Waals surface area contributed by atoms with Crippen LogP contribution in [0.2, 0.25) is 0 Å². The Kier molecular flexibility index (Phi) is 4.27. The van der Waals surface area contributed by atoms with Crippen molar-refractivity contribution in [3.05, 3.63) is 70.8 Å². The molecule has 0 amide bonds. The smallest absolute Gasteiger partial charge is 0.215 e. The second-order valence-corrected chi connectivity index (χ2v) is 8.06. The average Bonchev–Trinajstić information content (AvgIpc) is 2.84. The molecular weight excluding hydrogens is 310 g/mol. The van der Waals surface area contributed by atoms with Gasteiger partial charge in [0.15, 0.2) is 0 Å². The number of sulfonamides is 1. The largest absolute Gasteiger partial charge is 0.384 e.